The third-order valence-corrected chi connectivity index (χ3v) is 12.0. The first-order valence-electron chi connectivity index (χ1n) is 31.2. The molecule has 1 aromatic heterocycles. The van der Waals surface area contributed by atoms with E-state index in [4.69, 9.17) is 58.3 Å². The fourth-order valence-electron chi connectivity index (χ4n) is 7.36. The van der Waals surface area contributed by atoms with Crippen LogP contribution in [-0.4, -0.2) is 109 Å². The van der Waals surface area contributed by atoms with E-state index in [2.05, 4.69) is 52.2 Å². The van der Waals surface area contributed by atoms with Crippen molar-refractivity contribution in [3.63, 3.8) is 0 Å². The maximum absolute atomic E-state index is 12.9. The molecule has 4 amide bonds. The van der Waals surface area contributed by atoms with Crippen LogP contribution >= 0.6 is 28.1 Å². The first-order valence-corrected chi connectivity index (χ1v) is 32.7. The monoisotopic (exact) mass is 1610 g/mol. The third kappa shape index (κ3) is 45.1. The van der Waals surface area contributed by atoms with Crippen molar-refractivity contribution in [3.8, 4) is 11.3 Å². The van der Waals surface area contributed by atoms with Crippen molar-refractivity contribution >= 4 is 92.4 Å². The second-order valence-corrected chi connectivity index (χ2v) is 26.3. The number of amidine groups is 2. The molecule has 0 atom stereocenters. The number of aliphatic imine (C=N–C) groups is 1. The van der Waals surface area contributed by atoms with Gasteiger partial charge in [-0.05, 0) is 161 Å². The zero-order chi connectivity index (χ0) is 82.5. The zero-order valence-electron chi connectivity index (χ0n) is 60.6. The van der Waals surface area contributed by atoms with E-state index in [1.165, 1.54) is 42.5 Å². The number of aliphatic hydroxyl groups excluding tert-OH is 2. The molecule has 0 aliphatic carbocycles. The van der Waals surface area contributed by atoms with Crippen LogP contribution in [0.2, 0.25) is 0 Å². The number of aromatic nitrogens is 2. The molecule has 35 heteroatoms. The number of nitrogen functional groups attached to an aromatic ring is 1. The van der Waals surface area contributed by atoms with Gasteiger partial charge in [0.15, 0.2) is 10.9 Å². The maximum atomic E-state index is 12.9. The predicted octanol–water partition coefficient (Wildman–Crippen LogP) is 18.2. The Labute approximate surface area is 625 Å². The van der Waals surface area contributed by atoms with Gasteiger partial charge in [-0.15, -0.1) is 0 Å². The van der Waals surface area contributed by atoms with Gasteiger partial charge < -0.3 is 50.9 Å². The molecule has 0 radical (unpaired) electrons. The lowest BCUT2D eigenvalue weighted by molar-refractivity contribution is -0.138. The van der Waals surface area contributed by atoms with Crippen LogP contribution in [0.25, 0.3) is 11.3 Å². The van der Waals surface area contributed by atoms with Crippen LogP contribution in [0.5, 0.6) is 0 Å². The Bertz CT molecular complexity index is 3920. The van der Waals surface area contributed by atoms with Crippen molar-refractivity contribution in [2.45, 2.75) is 143 Å². The lowest BCUT2D eigenvalue weighted by atomic mass is 10.1. The first-order chi connectivity index (χ1) is 49.2. The van der Waals surface area contributed by atoms with E-state index in [0.29, 0.717) is 22.5 Å². The van der Waals surface area contributed by atoms with Crippen LogP contribution in [0.4, 0.5) is 89.2 Å². The number of rotatable bonds is 9. The third-order valence-electron chi connectivity index (χ3n) is 11.3. The number of alkyl carbamates (subject to hydrolysis) is 3. The standard InChI is InChI=1S/C19H25F3N2O4.C16H12F3N3.C11H20N2O4S.C9H9F3N2.C8H7BrO.C7H6F3N.2CH4O/c1-17(2,3)27-15(25)23-14(24-16(26)28-18(4,5)6)11-12-8-7-9-13(10-12)19(20,21)22;17-16(18,19)12-7-4-8-13(9-12)21-15-20-10-14(22-15)11-5-2-1-3-6-11;1-10(2,3)16-8(14)12-7(18)13-9(15)17-11(4,5)6;10-9(11,12)7-3-1-2-6(4-7)5-8(13)14;9-6-8(10)7-4-2-1-3-5-7;8-7(9,10)5-2-1-3-6(11)4-5;2*1-2/h7-10H,11H2,1-6H3,(H,23,24,25,26);1-10H,(H2,20,21,22);1-6H3,(H2,12,13,14,15,18);1-4H,5H2,(H3,13,14);1-5H,6H2;1-4H,11H2;2*2H,1H3. The molecule has 588 valence electrons. The number of amides is 4. The van der Waals surface area contributed by atoms with Gasteiger partial charge in [0.1, 0.15) is 28.2 Å². The molecule has 107 heavy (non-hydrogen) atoms. The van der Waals surface area contributed by atoms with Crippen LogP contribution in [0, 0.1) is 5.41 Å². The summed E-state index contributed by atoms with van der Waals surface area (Å²) in [6.07, 6.45) is -19.4. The molecule has 0 aliphatic rings. The lowest BCUT2D eigenvalue weighted by Crippen LogP contribution is -2.45. The quantitative estimate of drug-likeness (QED) is 0.00938. The molecule has 0 saturated heterocycles. The molecule has 7 rings (SSSR count). The summed E-state index contributed by atoms with van der Waals surface area (Å²) in [4.78, 5) is 68.4. The maximum Gasteiger partial charge on any atom is 0.435 e. The highest BCUT2D eigenvalue weighted by Crippen LogP contribution is 2.34. The molecule has 0 saturated carbocycles. The second kappa shape index (κ2) is 44.7. The van der Waals surface area contributed by atoms with E-state index in [0.717, 1.165) is 79.6 Å². The number of aliphatic hydroxyl groups is 2. The summed E-state index contributed by atoms with van der Waals surface area (Å²) in [5, 5.41) is 30.8. The molecule has 21 nitrogen and oxygen atoms in total. The summed E-state index contributed by atoms with van der Waals surface area (Å²) in [7, 11) is 2.00. The van der Waals surface area contributed by atoms with Gasteiger partial charge in [0.2, 0.25) is 5.95 Å². The average Bonchev–Trinajstić information content (AvgIpc) is 1.77. The number of nitrogens with zero attached hydrogens (tertiary/aromatic N) is 2. The summed E-state index contributed by atoms with van der Waals surface area (Å²) in [6, 6.07) is 37.6. The van der Waals surface area contributed by atoms with Gasteiger partial charge in [0.05, 0.1) is 45.3 Å². The Balaban J connectivity index is 0.00000129. The minimum Gasteiger partial charge on any atom is -0.444 e. The SMILES string of the molecule is CC(C)(C)OC(=O)N=C(Cc1cccc(C(F)(F)F)c1)NC(=O)OC(C)(C)C.CC(C)(C)OC(=O)NC(=S)NC(=O)OC(C)(C)C.CO.CO.FC(F)(F)c1cccc(Nc2ncc(-c3ccccc3)[nH]2)c1.N=C(N)Cc1cccc(C(F)(F)F)c1.Nc1cccc(C(F)(F)F)c1.O=C(CBr)c1ccccc1. The number of anilines is 3. The number of H-pyrrole nitrogens is 1. The van der Waals surface area contributed by atoms with E-state index in [-0.39, 0.29) is 46.7 Å². The number of imidazole rings is 1. The van der Waals surface area contributed by atoms with E-state index in [1.807, 2.05) is 60.7 Å². The van der Waals surface area contributed by atoms with Crippen molar-refractivity contribution in [2.24, 2.45) is 10.7 Å². The number of hydrogen-bond acceptors (Lipinski definition) is 16. The van der Waals surface area contributed by atoms with E-state index in [1.54, 1.807) is 95.3 Å². The Kier molecular flexibility index (Phi) is 40.5. The van der Waals surface area contributed by atoms with Crippen LogP contribution in [0.15, 0.2) is 169 Å². The van der Waals surface area contributed by atoms with Crippen LogP contribution < -0.4 is 32.7 Å². The summed E-state index contributed by atoms with van der Waals surface area (Å²) in [5.74, 6) is 0.172. The number of benzene rings is 6. The van der Waals surface area contributed by atoms with Crippen LogP contribution in [-0.2, 0) is 56.5 Å². The summed E-state index contributed by atoms with van der Waals surface area (Å²) in [5.41, 5.74) is 7.92. The molecule has 6 aromatic carbocycles. The zero-order valence-corrected chi connectivity index (χ0v) is 63.1. The molecule has 0 fully saturated rings. The molecular formula is C72H87BrF12N10O11S. The highest BCUT2D eigenvalue weighted by atomic mass is 79.9. The topological polar surface area (TPSA) is 328 Å². The molecule has 1 heterocycles. The van der Waals surface area contributed by atoms with Gasteiger partial charge in [0, 0.05) is 44.0 Å². The number of carbonyl (C=O) groups excluding carboxylic acids is 5. The van der Waals surface area contributed by atoms with E-state index >= 15 is 0 Å². The number of aromatic amines is 1. The Morgan fingerprint density at radius 2 is 0.888 bits per heavy atom. The highest BCUT2D eigenvalue weighted by molar-refractivity contribution is 9.09. The number of carbonyl (C=O) groups is 5. The number of ether oxygens (including phenoxy) is 4. The highest BCUT2D eigenvalue weighted by Gasteiger charge is 2.33. The normalized spacial score (nSPS) is 11.4. The number of nitrogens with two attached hydrogens (primary N) is 2. The van der Waals surface area contributed by atoms with Gasteiger partial charge in [-0.2, -0.15) is 57.7 Å². The Hall–Kier alpha value is -10.1. The number of alkyl halides is 13. The Morgan fingerprint density at radius 1 is 0.514 bits per heavy atom. The average molecular weight is 1610 g/mol. The second-order valence-electron chi connectivity index (χ2n) is 25.3. The molecule has 12 N–H and O–H groups in total. The lowest BCUT2D eigenvalue weighted by Gasteiger charge is -2.21. The number of halogens is 13. The van der Waals surface area contributed by atoms with Crippen molar-refractivity contribution < 1.29 is 106 Å². The number of Topliss-reactive ketones (excluding diaryl/α,β-unsaturated/α-hetero) is 1. The van der Waals surface area contributed by atoms with Crippen LogP contribution in [0.1, 0.15) is 127 Å². The van der Waals surface area contributed by atoms with Crippen molar-refractivity contribution in [3.05, 3.63) is 203 Å². The minimum atomic E-state index is -4.52. The molecule has 7 aromatic rings. The fourth-order valence-corrected chi connectivity index (χ4v) is 7.85. The van der Waals surface area contributed by atoms with Gasteiger partial charge in [-0.3, -0.25) is 26.2 Å². The largest absolute Gasteiger partial charge is 0.444 e. The van der Waals surface area contributed by atoms with Crippen LogP contribution in [0.3, 0.4) is 0 Å². The molecule has 0 aliphatic heterocycles. The van der Waals surface area contributed by atoms with Gasteiger partial charge in [-0.1, -0.05) is 125 Å². The number of thiocarbonyl (C=S) groups is 1. The van der Waals surface area contributed by atoms with Crippen molar-refractivity contribution in [2.75, 3.05) is 30.6 Å². The first kappa shape index (κ1) is 96.9. The minimum absolute atomic E-state index is 0.0456. The molecule has 0 spiro atoms. The van der Waals surface area contributed by atoms with Gasteiger partial charge in [0.25, 0.3) is 0 Å². The molecule has 0 bridgehead atoms. The molecular weight excluding hydrogens is 1520 g/mol. The number of hydrogen-bond donors (Lipinski definition) is 10. The molecule has 0 unspecified atom stereocenters. The number of ketones is 1. The van der Waals surface area contributed by atoms with Gasteiger partial charge >= 0.3 is 49.1 Å². The summed E-state index contributed by atoms with van der Waals surface area (Å²) in [6.45, 7) is 20.1. The van der Waals surface area contributed by atoms with Crippen molar-refractivity contribution in [1.82, 2.24) is 25.9 Å². The predicted molar refractivity (Wildman–Crippen MR) is 392 cm³/mol. The van der Waals surface area contributed by atoms with E-state index < -0.39 is 93.7 Å². The summed E-state index contributed by atoms with van der Waals surface area (Å²) >= 11 is 7.86. The van der Waals surface area contributed by atoms with Crippen molar-refractivity contribution in [1.29, 1.82) is 5.41 Å². The van der Waals surface area contributed by atoms with E-state index in [9.17, 15) is 76.7 Å². The number of nitrogens with one attached hydrogen (secondary N) is 6. The van der Waals surface area contributed by atoms with Gasteiger partial charge in [-0.25, -0.2) is 24.2 Å². The Morgan fingerprint density at radius 3 is 1.27 bits per heavy atom. The smallest absolute Gasteiger partial charge is 0.435 e. The fraction of sp³-hybridized carbons (Fsp3) is 0.347. The summed E-state index contributed by atoms with van der Waals surface area (Å²) < 4.78 is 169.